The Morgan fingerprint density at radius 2 is 0.733 bits per heavy atom. The minimum Gasteiger partial charge on any atom is -0.0776 e. The highest BCUT2D eigenvalue weighted by Crippen LogP contribution is 1.93. The second-order valence-electron chi connectivity index (χ2n) is 3.53. The van der Waals surface area contributed by atoms with E-state index in [0.29, 0.717) is 0 Å². The molecule has 0 bridgehead atoms. The van der Waals surface area contributed by atoms with Crippen LogP contribution < -0.4 is 0 Å². The van der Waals surface area contributed by atoms with E-state index in [4.69, 9.17) is 0 Å². The van der Waals surface area contributed by atoms with Crippen LogP contribution in [0.15, 0.2) is 0 Å². The maximum absolute atomic E-state index is 2.22. The van der Waals surface area contributed by atoms with Crippen molar-refractivity contribution in [2.75, 3.05) is 0 Å². The molecular formula is C15H42. The van der Waals surface area contributed by atoms with Crippen molar-refractivity contribution in [1.29, 1.82) is 0 Å². The summed E-state index contributed by atoms with van der Waals surface area (Å²) in [5, 5.41) is 0. The first-order valence-corrected chi connectivity index (χ1v) is 6.00. The van der Waals surface area contributed by atoms with E-state index in [-0.39, 0.29) is 14.9 Å². The van der Waals surface area contributed by atoms with E-state index in [0.717, 1.165) is 11.8 Å². The Bertz CT molecular complexity index is 32.5. The lowest BCUT2D eigenvalue weighted by Crippen LogP contribution is -1.77. The van der Waals surface area contributed by atoms with Crippen molar-refractivity contribution >= 4 is 0 Å². The molecule has 0 aliphatic rings. The predicted octanol–water partition coefficient (Wildman–Crippen LogP) is 7.04. The quantitative estimate of drug-likeness (QED) is 0.446. The average molecular weight is 223 g/mol. The first kappa shape index (κ1) is 36.3. The summed E-state index contributed by atoms with van der Waals surface area (Å²) in [6.07, 6.45) is 1.31. The molecule has 0 heterocycles. The van der Waals surface area contributed by atoms with Gasteiger partial charge < -0.3 is 0 Å². The van der Waals surface area contributed by atoms with Gasteiger partial charge in [0.1, 0.15) is 0 Å². The Morgan fingerprint density at radius 1 is 0.667 bits per heavy atom. The molecule has 0 unspecified atom stereocenters. The molecule has 0 heteroatoms. The van der Waals surface area contributed by atoms with Gasteiger partial charge in [-0.2, -0.15) is 0 Å². The van der Waals surface area contributed by atoms with E-state index < -0.39 is 0 Å². The SMILES string of the molecule is C.C.CC.CC.CC(C)C.CCC(C)C. The Kier molecular flexibility index (Phi) is 117. The van der Waals surface area contributed by atoms with Crippen molar-refractivity contribution < 1.29 is 0 Å². The largest absolute Gasteiger partial charge is 0.0776 e. The molecule has 0 spiro atoms. The molecule has 102 valence electrons. The smallest absolute Gasteiger partial charge is 0.0474 e. The van der Waals surface area contributed by atoms with Crippen LogP contribution in [-0.2, 0) is 0 Å². The van der Waals surface area contributed by atoms with Crippen LogP contribution in [0.2, 0.25) is 0 Å². The van der Waals surface area contributed by atoms with Gasteiger partial charge in [-0.15, -0.1) is 0 Å². The van der Waals surface area contributed by atoms with Crippen LogP contribution in [0.3, 0.4) is 0 Å². The molecule has 0 aromatic rings. The van der Waals surface area contributed by atoms with E-state index in [1.165, 1.54) is 6.42 Å². The summed E-state index contributed by atoms with van der Waals surface area (Å²) in [5.41, 5.74) is 0. The van der Waals surface area contributed by atoms with Crippen LogP contribution in [0.25, 0.3) is 0 Å². The molecule has 0 aromatic heterocycles. The van der Waals surface area contributed by atoms with Crippen molar-refractivity contribution in [2.45, 2.75) is 90.5 Å². The summed E-state index contributed by atoms with van der Waals surface area (Å²) < 4.78 is 0. The Morgan fingerprint density at radius 3 is 0.733 bits per heavy atom. The van der Waals surface area contributed by atoms with Crippen molar-refractivity contribution in [3.05, 3.63) is 0 Å². The van der Waals surface area contributed by atoms with Crippen LogP contribution in [0.4, 0.5) is 0 Å². The Hall–Kier alpha value is 0. The Balaban J connectivity index is -0.0000000186. The van der Waals surface area contributed by atoms with Gasteiger partial charge in [-0.25, -0.2) is 0 Å². The summed E-state index contributed by atoms with van der Waals surface area (Å²) in [6, 6.07) is 0. The first-order valence-electron chi connectivity index (χ1n) is 6.00. The minimum absolute atomic E-state index is 0. The third kappa shape index (κ3) is 504. The van der Waals surface area contributed by atoms with Crippen molar-refractivity contribution in [3.63, 3.8) is 0 Å². The zero-order chi connectivity index (χ0) is 11.9. The molecule has 0 nitrogen and oxygen atoms in total. The number of rotatable bonds is 1. The fourth-order valence-electron chi connectivity index (χ4n) is 0. The maximum Gasteiger partial charge on any atom is -0.0474 e. The van der Waals surface area contributed by atoms with Crippen molar-refractivity contribution in [1.82, 2.24) is 0 Å². The second-order valence-corrected chi connectivity index (χ2v) is 3.53. The maximum atomic E-state index is 2.22. The van der Waals surface area contributed by atoms with Crippen LogP contribution in [-0.4, -0.2) is 0 Å². The van der Waals surface area contributed by atoms with Gasteiger partial charge >= 0.3 is 0 Å². The lowest BCUT2D eigenvalue weighted by molar-refractivity contribution is 0.626. The molecular weight excluding hydrogens is 180 g/mol. The normalized spacial score (nSPS) is 6.40. The highest BCUT2D eigenvalue weighted by Gasteiger charge is 1.80. The van der Waals surface area contributed by atoms with Gasteiger partial charge in [0, 0.05) is 0 Å². The molecule has 0 aliphatic heterocycles. The zero-order valence-corrected chi connectivity index (χ0v) is 11.9. The van der Waals surface area contributed by atoms with Crippen LogP contribution in [0.5, 0.6) is 0 Å². The van der Waals surface area contributed by atoms with Crippen LogP contribution in [0.1, 0.15) is 90.5 Å². The molecule has 0 N–H and O–H groups in total. The molecule has 0 saturated carbocycles. The van der Waals surface area contributed by atoms with Crippen molar-refractivity contribution in [2.24, 2.45) is 11.8 Å². The van der Waals surface area contributed by atoms with Gasteiger partial charge in [-0.3, -0.25) is 0 Å². The number of hydrogen-bond acceptors (Lipinski definition) is 0. The molecule has 0 aromatic carbocycles. The first-order chi connectivity index (χ1) is 6.00. The van der Waals surface area contributed by atoms with Crippen LogP contribution >= 0.6 is 0 Å². The lowest BCUT2D eigenvalue weighted by atomic mass is 10.2. The van der Waals surface area contributed by atoms with Gasteiger partial charge in [0.2, 0.25) is 0 Å². The van der Waals surface area contributed by atoms with Crippen LogP contribution in [0, 0.1) is 11.8 Å². The zero-order valence-electron chi connectivity index (χ0n) is 11.9. The molecule has 0 rings (SSSR count). The summed E-state index contributed by atoms with van der Waals surface area (Å²) in [6.45, 7) is 21.1. The topological polar surface area (TPSA) is 0 Å². The summed E-state index contributed by atoms with van der Waals surface area (Å²) in [4.78, 5) is 0. The van der Waals surface area contributed by atoms with E-state index in [2.05, 4.69) is 41.5 Å². The van der Waals surface area contributed by atoms with Gasteiger partial charge in [0.15, 0.2) is 0 Å². The lowest BCUT2D eigenvalue weighted by Gasteiger charge is -1.90. The predicted molar refractivity (Wildman–Crippen MR) is 81.8 cm³/mol. The standard InChI is InChI=1S/C5H12.C4H10.2C2H6.2CH4/c1-4-5(2)3;1-4(2)3;2*1-2;;/h5H,4H2,1-3H3;4H,1-3H3;2*1-2H3;2*1H4. The third-order valence-corrected chi connectivity index (χ3v) is 0.816. The molecule has 0 aliphatic carbocycles. The Labute approximate surface area is 103 Å². The molecule has 0 atom stereocenters. The summed E-state index contributed by atoms with van der Waals surface area (Å²) in [5.74, 6) is 1.72. The second kappa shape index (κ2) is 48.3. The third-order valence-electron chi connectivity index (χ3n) is 0.816. The van der Waals surface area contributed by atoms with E-state index in [1.54, 1.807) is 0 Å². The summed E-state index contributed by atoms with van der Waals surface area (Å²) in [7, 11) is 0. The highest BCUT2D eigenvalue weighted by atomic mass is 13.9. The van der Waals surface area contributed by atoms with Gasteiger partial charge in [-0.1, -0.05) is 90.5 Å². The molecule has 15 heavy (non-hydrogen) atoms. The number of hydrogen-bond donors (Lipinski definition) is 0. The van der Waals surface area contributed by atoms with Gasteiger partial charge in [0.25, 0.3) is 0 Å². The fourth-order valence-corrected chi connectivity index (χ4v) is 0. The van der Waals surface area contributed by atoms with E-state index in [1.807, 2.05) is 27.7 Å². The van der Waals surface area contributed by atoms with E-state index >= 15 is 0 Å². The van der Waals surface area contributed by atoms with Crippen molar-refractivity contribution in [3.8, 4) is 0 Å². The molecule has 0 radical (unpaired) electrons. The fraction of sp³-hybridized carbons (Fsp3) is 1.00. The monoisotopic (exact) mass is 222 g/mol. The average Bonchev–Trinajstić information content (AvgIpc) is 2.10. The summed E-state index contributed by atoms with van der Waals surface area (Å²) >= 11 is 0. The molecule has 0 saturated heterocycles. The van der Waals surface area contributed by atoms with E-state index in [9.17, 15) is 0 Å². The van der Waals surface area contributed by atoms with Gasteiger partial charge in [-0.05, 0) is 11.8 Å². The molecule has 0 amide bonds. The minimum atomic E-state index is 0. The highest BCUT2D eigenvalue weighted by molar-refractivity contribution is 4.32. The molecule has 0 fully saturated rings. The van der Waals surface area contributed by atoms with Gasteiger partial charge in [0.05, 0.1) is 0 Å².